The van der Waals surface area contributed by atoms with Gasteiger partial charge >= 0.3 is 12.4 Å². The SMILES string of the molecule is O=C1[C@@H](Sc2nnnn2CC(F)(F)F)CCN1CC(F)(F)F. The normalized spacial score (nSPS) is 20.0. The molecule has 0 bridgehead atoms. The largest absolute Gasteiger partial charge is 0.408 e. The Balaban J connectivity index is 2.01. The third-order valence-electron chi connectivity index (χ3n) is 2.69. The van der Waals surface area contributed by atoms with Gasteiger partial charge in [-0.2, -0.15) is 26.3 Å². The van der Waals surface area contributed by atoms with Crippen molar-refractivity contribution in [3.05, 3.63) is 0 Å². The Morgan fingerprint density at radius 2 is 1.77 bits per heavy atom. The third-order valence-corrected chi connectivity index (χ3v) is 3.92. The predicted octanol–water partition coefficient (Wildman–Crippen LogP) is 1.49. The molecule has 22 heavy (non-hydrogen) atoms. The number of carbonyl (C=O) groups is 1. The zero-order valence-corrected chi connectivity index (χ0v) is 11.5. The van der Waals surface area contributed by atoms with Gasteiger partial charge in [0.1, 0.15) is 13.1 Å². The number of hydrogen-bond acceptors (Lipinski definition) is 5. The van der Waals surface area contributed by atoms with Gasteiger partial charge in [0.15, 0.2) is 0 Å². The molecule has 2 rings (SSSR count). The van der Waals surface area contributed by atoms with E-state index in [0.29, 0.717) is 21.3 Å². The Bertz CT molecular complexity index is 543. The quantitative estimate of drug-likeness (QED) is 0.771. The minimum Gasteiger partial charge on any atom is -0.333 e. The zero-order valence-electron chi connectivity index (χ0n) is 10.7. The molecule has 1 aliphatic heterocycles. The minimum atomic E-state index is -4.55. The summed E-state index contributed by atoms with van der Waals surface area (Å²) in [6.07, 6.45) is -8.99. The van der Waals surface area contributed by atoms with Crippen molar-refractivity contribution < 1.29 is 31.1 Å². The Hall–Kier alpha value is -1.53. The molecular weight excluding hydrogens is 340 g/mol. The first-order chi connectivity index (χ1) is 10.1. The van der Waals surface area contributed by atoms with Crippen molar-refractivity contribution in [1.82, 2.24) is 25.1 Å². The minimum absolute atomic E-state index is 0.0818. The number of hydrogen-bond donors (Lipinski definition) is 0. The number of amides is 1. The van der Waals surface area contributed by atoms with Crippen LogP contribution in [0.5, 0.6) is 0 Å². The molecule has 2 heterocycles. The van der Waals surface area contributed by atoms with Gasteiger partial charge in [-0.15, -0.1) is 5.10 Å². The molecule has 1 atom stereocenters. The fourth-order valence-corrected chi connectivity index (χ4v) is 2.90. The van der Waals surface area contributed by atoms with Crippen LogP contribution in [0.2, 0.25) is 0 Å². The third kappa shape index (κ3) is 4.48. The van der Waals surface area contributed by atoms with Crippen molar-refractivity contribution in [3.63, 3.8) is 0 Å². The highest BCUT2D eigenvalue weighted by atomic mass is 32.2. The van der Waals surface area contributed by atoms with E-state index in [0.717, 1.165) is 0 Å². The van der Waals surface area contributed by atoms with Crippen LogP contribution in [0.25, 0.3) is 0 Å². The molecule has 1 amide bonds. The fraction of sp³-hybridized carbons (Fsp3) is 0.778. The van der Waals surface area contributed by atoms with Crippen LogP contribution >= 0.6 is 11.8 Å². The van der Waals surface area contributed by atoms with Crippen molar-refractivity contribution in [2.75, 3.05) is 13.1 Å². The van der Waals surface area contributed by atoms with Gasteiger partial charge in [-0.1, -0.05) is 11.8 Å². The van der Waals surface area contributed by atoms with E-state index >= 15 is 0 Å². The molecule has 0 aliphatic carbocycles. The number of tetrazole rings is 1. The highest BCUT2D eigenvalue weighted by Crippen LogP contribution is 2.31. The molecular formula is C9H9F6N5OS. The van der Waals surface area contributed by atoms with Crippen molar-refractivity contribution in [2.45, 2.75) is 35.7 Å². The van der Waals surface area contributed by atoms with Gasteiger partial charge in [-0.05, 0) is 16.8 Å². The van der Waals surface area contributed by atoms with Crippen LogP contribution in [-0.2, 0) is 11.3 Å². The maximum absolute atomic E-state index is 12.3. The second-order valence-electron chi connectivity index (χ2n) is 4.50. The highest BCUT2D eigenvalue weighted by Gasteiger charge is 2.40. The average Bonchev–Trinajstić information content (AvgIpc) is 2.87. The van der Waals surface area contributed by atoms with Gasteiger partial charge < -0.3 is 4.90 Å². The lowest BCUT2D eigenvalue weighted by molar-refractivity contribution is -0.157. The van der Waals surface area contributed by atoms with Gasteiger partial charge in [-0.3, -0.25) is 4.79 Å². The summed E-state index contributed by atoms with van der Waals surface area (Å²) >= 11 is 0.631. The maximum Gasteiger partial charge on any atom is 0.408 e. The van der Waals surface area contributed by atoms with E-state index in [4.69, 9.17) is 0 Å². The standard InChI is InChI=1S/C9H9F6N5OS/c10-8(11,12)3-19-2-1-5(6(19)21)22-7-16-17-18-20(7)4-9(13,14)15/h5H,1-4H2/t5-/m0/s1. The molecule has 0 spiro atoms. The van der Waals surface area contributed by atoms with E-state index < -0.39 is 36.6 Å². The second-order valence-corrected chi connectivity index (χ2v) is 5.67. The Morgan fingerprint density at radius 1 is 1.14 bits per heavy atom. The number of thioether (sulfide) groups is 1. The summed E-state index contributed by atoms with van der Waals surface area (Å²) in [5, 5.41) is 8.43. The molecule has 6 nitrogen and oxygen atoms in total. The molecule has 1 aromatic heterocycles. The molecule has 0 aromatic carbocycles. The van der Waals surface area contributed by atoms with Gasteiger partial charge in [0.25, 0.3) is 0 Å². The number of rotatable bonds is 4. The van der Waals surface area contributed by atoms with E-state index in [1.54, 1.807) is 0 Å². The van der Waals surface area contributed by atoms with Crippen LogP contribution in [0.3, 0.4) is 0 Å². The summed E-state index contributed by atoms with van der Waals surface area (Å²) in [6, 6.07) is 0. The summed E-state index contributed by atoms with van der Waals surface area (Å²) in [6.45, 7) is -2.93. The van der Waals surface area contributed by atoms with E-state index in [-0.39, 0.29) is 18.1 Å². The summed E-state index contributed by atoms with van der Waals surface area (Å²) < 4.78 is 74.2. The van der Waals surface area contributed by atoms with Gasteiger partial charge in [-0.25, -0.2) is 4.68 Å². The first-order valence-corrected chi connectivity index (χ1v) is 6.78. The monoisotopic (exact) mass is 349 g/mol. The molecule has 1 fully saturated rings. The number of halogens is 6. The average molecular weight is 349 g/mol. The second kappa shape index (κ2) is 5.93. The van der Waals surface area contributed by atoms with Crippen molar-refractivity contribution in [3.8, 4) is 0 Å². The van der Waals surface area contributed by atoms with Gasteiger partial charge in [0, 0.05) is 6.54 Å². The number of carbonyl (C=O) groups excluding carboxylic acids is 1. The fourth-order valence-electron chi connectivity index (χ4n) is 1.87. The first kappa shape index (κ1) is 16.8. The number of alkyl halides is 6. The molecule has 0 saturated carbocycles. The Morgan fingerprint density at radius 3 is 2.36 bits per heavy atom. The van der Waals surface area contributed by atoms with Gasteiger partial charge in [0.05, 0.1) is 5.25 Å². The number of nitrogens with zero attached hydrogens (tertiary/aromatic N) is 5. The molecule has 1 aromatic rings. The summed E-state index contributed by atoms with van der Waals surface area (Å²) in [5.41, 5.74) is 0. The van der Waals surface area contributed by atoms with E-state index in [9.17, 15) is 31.1 Å². The molecule has 1 aliphatic rings. The van der Waals surface area contributed by atoms with Crippen LogP contribution in [-0.4, -0.2) is 61.7 Å². The Labute approximate surface area is 123 Å². The smallest absolute Gasteiger partial charge is 0.333 e. The maximum atomic E-state index is 12.3. The first-order valence-electron chi connectivity index (χ1n) is 5.90. The van der Waals surface area contributed by atoms with Crippen molar-refractivity contribution >= 4 is 17.7 Å². The molecule has 13 heteroatoms. The van der Waals surface area contributed by atoms with E-state index in [1.165, 1.54) is 0 Å². The van der Waals surface area contributed by atoms with Crippen LogP contribution in [0.1, 0.15) is 6.42 Å². The lowest BCUT2D eigenvalue weighted by atomic mass is 10.4. The van der Waals surface area contributed by atoms with Crippen LogP contribution < -0.4 is 0 Å². The molecule has 124 valence electrons. The highest BCUT2D eigenvalue weighted by molar-refractivity contribution is 8.00. The lowest BCUT2D eigenvalue weighted by Gasteiger charge is -2.18. The van der Waals surface area contributed by atoms with Crippen LogP contribution in [0.4, 0.5) is 26.3 Å². The molecule has 0 radical (unpaired) electrons. The lowest BCUT2D eigenvalue weighted by Crippen LogP contribution is -2.36. The Kier molecular flexibility index (Phi) is 4.54. The summed E-state index contributed by atoms with van der Waals surface area (Å²) in [7, 11) is 0. The number of likely N-dealkylation sites (tertiary alicyclic amines) is 1. The summed E-state index contributed by atoms with van der Waals surface area (Å²) in [5.74, 6) is -0.788. The molecule has 1 saturated heterocycles. The van der Waals surface area contributed by atoms with Gasteiger partial charge in [0.2, 0.25) is 11.1 Å². The van der Waals surface area contributed by atoms with Crippen LogP contribution in [0, 0.1) is 0 Å². The molecule has 0 N–H and O–H groups in total. The zero-order chi connectivity index (χ0) is 16.5. The van der Waals surface area contributed by atoms with Crippen molar-refractivity contribution in [1.29, 1.82) is 0 Å². The van der Waals surface area contributed by atoms with Crippen LogP contribution in [0.15, 0.2) is 5.16 Å². The van der Waals surface area contributed by atoms with E-state index in [2.05, 4.69) is 15.5 Å². The summed E-state index contributed by atoms with van der Waals surface area (Å²) in [4.78, 5) is 12.4. The topological polar surface area (TPSA) is 63.9 Å². The number of aromatic nitrogens is 4. The van der Waals surface area contributed by atoms with Crippen molar-refractivity contribution in [2.24, 2.45) is 0 Å². The molecule has 0 unspecified atom stereocenters. The predicted molar refractivity (Wildman–Crippen MR) is 60.8 cm³/mol. The van der Waals surface area contributed by atoms with E-state index in [1.807, 2.05) is 0 Å².